The number of carboxylic acids is 1. The summed E-state index contributed by atoms with van der Waals surface area (Å²) in [5.74, 6) is -0.654. The molecular formula is C15H15NO5. The van der Waals surface area contributed by atoms with Gasteiger partial charge >= 0.3 is 5.97 Å². The number of furan rings is 1. The molecule has 0 aliphatic rings. The molecule has 0 aliphatic carbocycles. The van der Waals surface area contributed by atoms with Gasteiger partial charge < -0.3 is 19.6 Å². The Morgan fingerprint density at radius 2 is 2.14 bits per heavy atom. The predicted molar refractivity (Wildman–Crippen MR) is 74.2 cm³/mol. The van der Waals surface area contributed by atoms with E-state index in [4.69, 9.17) is 14.3 Å². The molecule has 1 heterocycles. The van der Waals surface area contributed by atoms with Crippen LogP contribution in [0.2, 0.25) is 0 Å². The SMILES string of the molecule is Cc1ccc(OCC(=O)NCc2ccco2)c(C(=O)O)c1. The zero-order valence-corrected chi connectivity index (χ0v) is 11.5. The molecule has 6 heteroatoms. The van der Waals surface area contributed by atoms with Crippen LogP contribution in [0.25, 0.3) is 0 Å². The van der Waals surface area contributed by atoms with E-state index in [1.54, 1.807) is 31.2 Å². The van der Waals surface area contributed by atoms with E-state index in [1.807, 2.05) is 0 Å². The first-order valence-corrected chi connectivity index (χ1v) is 6.32. The number of ether oxygens (including phenoxy) is 1. The highest BCUT2D eigenvalue weighted by Gasteiger charge is 2.13. The summed E-state index contributed by atoms with van der Waals surface area (Å²) >= 11 is 0. The lowest BCUT2D eigenvalue weighted by molar-refractivity contribution is -0.123. The van der Waals surface area contributed by atoms with Crippen molar-refractivity contribution in [3.63, 3.8) is 0 Å². The number of carbonyl (C=O) groups is 2. The van der Waals surface area contributed by atoms with Crippen LogP contribution in [0.3, 0.4) is 0 Å². The zero-order valence-electron chi connectivity index (χ0n) is 11.5. The lowest BCUT2D eigenvalue weighted by atomic mass is 10.1. The molecular weight excluding hydrogens is 274 g/mol. The van der Waals surface area contributed by atoms with E-state index in [-0.39, 0.29) is 30.4 Å². The first-order chi connectivity index (χ1) is 10.1. The Morgan fingerprint density at radius 1 is 1.33 bits per heavy atom. The van der Waals surface area contributed by atoms with Gasteiger partial charge in [-0.2, -0.15) is 0 Å². The highest BCUT2D eigenvalue weighted by molar-refractivity contribution is 5.91. The van der Waals surface area contributed by atoms with Crippen LogP contribution in [0.15, 0.2) is 41.0 Å². The number of rotatable bonds is 6. The monoisotopic (exact) mass is 289 g/mol. The van der Waals surface area contributed by atoms with Crippen molar-refractivity contribution in [2.24, 2.45) is 0 Å². The summed E-state index contributed by atoms with van der Waals surface area (Å²) in [5, 5.41) is 11.7. The predicted octanol–water partition coefficient (Wildman–Crippen LogP) is 1.98. The maximum Gasteiger partial charge on any atom is 0.339 e. The number of amides is 1. The quantitative estimate of drug-likeness (QED) is 0.848. The van der Waals surface area contributed by atoms with Crippen LogP contribution in [0.1, 0.15) is 21.7 Å². The van der Waals surface area contributed by atoms with Crippen molar-refractivity contribution >= 4 is 11.9 Å². The summed E-state index contributed by atoms with van der Waals surface area (Å²) in [4.78, 5) is 22.7. The fraction of sp³-hybridized carbons (Fsp3) is 0.200. The highest BCUT2D eigenvalue weighted by Crippen LogP contribution is 2.19. The minimum atomic E-state index is -1.09. The third-order valence-electron chi connectivity index (χ3n) is 2.76. The Labute approximate surface area is 121 Å². The van der Waals surface area contributed by atoms with Crippen molar-refractivity contribution in [1.82, 2.24) is 5.32 Å². The summed E-state index contributed by atoms with van der Waals surface area (Å²) < 4.78 is 10.3. The van der Waals surface area contributed by atoms with Gasteiger partial charge in [0.25, 0.3) is 5.91 Å². The number of nitrogens with one attached hydrogen (secondary N) is 1. The fourth-order valence-electron chi connectivity index (χ4n) is 1.73. The summed E-state index contributed by atoms with van der Waals surface area (Å²) in [6, 6.07) is 8.23. The van der Waals surface area contributed by atoms with E-state index in [2.05, 4.69) is 5.32 Å². The molecule has 2 rings (SSSR count). The summed E-state index contributed by atoms with van der Waals surface area (Å²) in [7, 11) is 0. The van der Waals surface area contributed by atoms with E-state index in [0.717, 1.165) is 5.56 Å². The van der Waals surface area contributed by atoms with Gasteiger partial charge in [0.15, 0.2) is 6.61 Å². The molecule has 110 valence electrons. The van der Waals surface area contributed by atoms with Crippen molar-refractivity contribution in [2.75, 3.05) is 6.61 Å². The molecule has 0 aliphatic heterocycles. The molecule has 2 aromatic rings. The van der Waals surface area contributed by atoms with Gasteiger partial charge in [0.1, 0.15) is 17.1 Å². The molecule has 2 N–H and O–H groups in total. The molecule has 1 aromatic carbocycles. The second-order valence-corrected chi connectivity index (χ2v) is 4.45. The molecule has 0 fully saturated rings. The molecule has 0 spiro atoms. The Balaban J connectivity index is 1.90. The first-order valence-electron chi connectivity index (χ1n) is 6.32. The van der Waals surface area contributed by atoms with Crippen LogP contribution in [0.4, 0.5) is 0 Å². The Hall–Kier alpha value is -2.76. The van der Waals surface area contributed by atoms with Crippen LogP contribution in [-0.4, -0.2) is 23.6 Å². The van der Waals surface area contributed by atoms with Crippen LogP contribution < -0.4 is 10.1 Å². The average Bonchev–Trinajstić information content (AvgIpc) is 2.97. The van der Waals surface area contributed by atoms with Crippen molar-refractivity contribution in [3.8, 4) is 5.75 Å². The van der Waals surface area contributed by atoms with E-state index in [1.165, 1.54) is 12.3 Å². The lowest BCUT2D eigenvalue weighted by Gasteiger charge is -2.09. The molecule has 1 aromatic heterocycles. The van der Waals surface area contributed by atoms with E-state index >= 15 is 0 Å². The smallest absolute Gasteiger partial charge is 0.339 e. The van der Waals surface area contributed by atoms with Crippen molar-refractivity contribution in [1.29, 1.82) is 0 Å². The number of aromatic carboxylic acids is 1. The average molecular weight is 289 g/mol. The van der Waals surface area contributed by atoms with Crippen molar-refractivity contribution < 1.29 is 23.8 Å². The van der Waals surface area contributed by atoms with Crippen LogP contribution in [0, 0.1) is 6.92 Å². The standard InChI is InChI=1S/C15H15NO5/c1-10-4-5-13(12(7-10)15(18)19)21-9-14(17)16-8-11-3-2-6-20-11/h2-7H,8-9H2,1H3,(H,16,17)(H,18,19). The second-order valence-electron chi connectivity index (χ2n) is 4.45. The Morgan fingerprint density at radius 3 is 2.81 bits per heavy atom. The Kier molecular flexibility index (Phi) is 4.61. The van der Waals surface area contributed by atoms with Crippen LogP contribution in [0.5, 0.6) is 5.75 Å². The lowest BCUT2D eigenvalue weighted by Crippen LogP contribution is -2.28. The summed E-state index contributed by atoms with van der Waals surface area (Å²) in [5.41, 5.74) is 0.843. The molecule has 21 heavy (non-hydrogen) atoms. The molecule has 0 saturated heterocycles. The third-order valence-corrected chi connectivity index (χ3v) is 2.76. The minimum absolute atomic E-state index is 0.0360. The molecule has 0 radical (unpaired) electrons. The maximum atomic E-state index is 11.6. The summed E-state index contributed by atoms with van der Waals surface area (Å²) in [6.45, 7) is 1.78. The molecule has 0 unspecified atom stereocenters. The Bertz CT molecular complexity index is 634. The molecule has 0 atom stereocenters. The van der Waals surface area contributed by atoms with Gasteiger partial charge in [-0.25, -0.2) is 4.79 Å². The van der Waals surface area contributed by atoms with E-state index in [0.29, 0.717) is 5.76 Å². The number of hydrogen-bond donors (Lipinski definition) is 2. The van der Waals surface area contributed by atoms with Crippen LogP contribution in [-0.2, 0) is 11.3 Å². The molecule has 0 bridgehead atoms. The van der Waals surface area contributed by atoms with Crippen LogP contribution >= 0.6 is 0 Å². The third kappa shape index (κ3) is 4.10. The second kappa shape index (κ2) is 6.60. The van der Waals surface area contributed by atoms with Gasteiger partial charge in [-0.15, -0.1) is 0 Å². The van der Waals surface area contributed by atoms with E-state index < -0.39 is 5.97 Å². The van der Waals surface area contributed by atoms with Crippen molar-refractivity contribution in [3.05, 3.63) is 53.5 Å². The van der Waals surface area contributed by atoms with Gasteiger partial charge in [-0.05, 0) is 31.2 Å². The largest absolute Gasteiger partial charge is 0.483 e. The number of carbonyl (C=O) groups excluding carboxylic acids is 1. The number of hydrogen-bond acceptors (Lipinski definition) is 4. The zero-order chi connectivity index (χ0) is 15.2. The maximum absolute atomic E-state index is 11.6. The van der Waals surface area contributed by atoms with E-state index in [9.17, 15) is 9.59 Å². The van der Waals surface area contributed by atoms with Gasteiger partial charge in [-0.1, -0.05) is 11.6 Å². The highest BCUT2D eigenvalue weighted by atomic mass is 16.5. The normalized spacial score (nSPS) is 10.1. The molecule has 1 amide bonds. The van der Waals surface area contributed by atoms with Crippen molar-refractivity contribution in [2.45, 2.75) is 13.5 Å². The minimum Gasteiger partial charge on any atom is -0.483 e. The fourth-order valence-corrected chi connectivity index (χ4v) is 1.73. The number of benzene rings is 1. The summed E-state index contributed by atoms with van der Waals surface area (Å²) in [6.07, 6.45) is 1.52. The first kappa shape index (κ1) is 14.6. The number of carboxylic acid groups (broad SMARTS) is 1. The number of aryl methyl sites for hydroxylation is 1. The molecule has 6 nitrogen and oxygen atoms in total. The van der Waals surface area contributed by atoms with Gasteiger partial charge in [0, 0.05) is 0 Å². The van der Waals surface area contributed by atoms with Gasteiger partial charge in [-0.3, -0.25) is 4.79 Å². The topological polar surface area (TPSA) is 88.8 Å². The van der Waals surface area contributed by atoms with Gasteiger partial charge in [0.2, 0.25) is 0 Å². The molecule has 0 saturated carbocycles. The van der Waals surface area contributed by atoms with Gasteiger partial charge in [0.05, 0.1) is 12.8 Å².